The van der Waals surface area contributed by atoms with Crippen LogP contribution in [0.2, 0.25) is 0 Å². The fourth-order valence-corrected chi connectivity index (χ4v) is 2.89. The van der Waals surface area contributed by atoms with E-state index in [-0.39, 0.29) is 18.0 Å². The number of rotatable bonds is 4. The molecule has 1 aliphatic rings. The standard InChI is InChI=1S/C16H21F2NO2/c1-16(21,11-5-3-2-4-6-11)10-19-15(20)13-9-12(17)7-8-14(13)18/h7-9,11,21H,2-6,10H2,1H3,(H,19,20). The highest BCUT2D eigenvalue weighted by Crippen LogP contribution is 2.32. The molecule has 0 bridgehead atoms. The van der Waals surface area contributed by atoms with Crippen LogP contribution in [0.1, 0.15) is 49.4 Å². The lowest BCUT2D eigenvalue weighted by Crippen LogP contribution is -2.46. The minimum Gasteiger partial charge on any atom is -0.388 e. The van der Waals surface area contributed by atoms with Crippen molar-refractivity contribution in [1.82, 2.24) is 5.32 Å². The molecule has 1 amide bonds. The number of amides is 1. The first-order valence-electron chi connectivity index (χ1n) is 7.36. The lowest BCUT2D eigenvalue weighted by Gasteiger charge is -2.35. The van der Waals surface area contributed by atoms with Crippen molar-refractivity contribution in [1.29, 1.82) is 0 Å². The van der Waals surface area contributed by atoms with Gasteiger partial charge in [-0.2, -0.15) is 0 Å². The Labute approximate surface area is 123 Å². The topological polar surface area (TPSA) is 49.3 Å². The molecule has 1 unspecified atom stereocenters. The minimum absolute atomic E-state index is 0.0342. The maximum absolute atomic E-state index is 13.5. The number of benzene rings is 1. The number of hydrogen-bond acceptors (Lipinski definition) is 2. The highest BCUT2D eigenvalue weighted by molar-refractivity contribution is 5.94. The number of nitrogens with one attached hydrogen (secondary N) is 1. The first kappa shape index (κ1) is 15.9. The predicted molar refractivity (Wildman–Crippen MR) is 75.9 cm³/mol. The summed E-state index contributed by atoms with van der Waals surface area (Å²) in [5, 5.41) is 13.0. The Morgan fingerprint density at radius 2 is 2.00 bits per heavy atom. The van der Waals surface area contributed by atoms with Gasteiger partial charge in [-0.25, -0.2) is 8.78 Å². The van der Waals surface area contributed by atoms with E-state index >= 15 is 0 Å². The molecule has 0 saturated heterocycles. The van der Waals surface area contributed by atoms with Gasteiger partial charge in [0.05, 0.1) is 11.2 Å². The second kappa shape index (κ2) is 6.52. The Bertz CT molecular complexity index is 511. The third-order valence-corrected chi connectivity index (χ3v) is 4.26. The molecule has 5 heteroatoms. The monoisotopic (exact) mass is 297 g/mol. The van der Waals surface area contributed by atoms with Crippen LogP contribution < -0.4 is 5.32 Å². The molecule has 2 N–H and O–H groups in total. The highest BCUT2D eigenvalue weighted by atomic mass is 19.1. The quantitative estimate of drug-likeness (QED) is 0.897. The zero-order valence-corrected chi connectivity index (χ0v) is 12.2. The fraction of sp³-hybridized carbons (Fsp3) is 0.562. The summed E-state index contributed by atoms with van der Waals surface area (Å²) in [7, 11) is 0. The van der Waals surface area contributed by atoms with Crippen LogP contribution in [0.15, 0.2) is 18.2 Å². The second-order valence-corrected chi connectivity index (χ2v) is 6.00. The van der Waals surface area contributed by atoms with Crippen molar-refractivity contribution in [2.75, 3.05) is 6.54 Å². The van der Waals surface area contributed by atoms with Crippen molar-refractivity contribution in [3.63, 3.8) is 0 Å². The van der Waals surface area contributed by atoms with Crippen LogP contribution in [0.25, 0.3) is 0 Å². The van der Waals surface area contributed by atoms with Crippen molar-refractivity contribution in [2.24, 2.45) is 5.92 Å². The lowest BCUT2D eigenvalue weighted by molar-refractivity contribution is -0.0143. The van der Waals surface area contributed by atoms with Gasteiger partial charge in [0.25, 0.3) is 5.91 Å². The summed E-state index contributed by atoms with van der Waals surface area (Å²) in [6.45, 7) is 1.72. The lowest BCUT2D eigenvalue weighted by atomic mass is 9.78. The molecular weight excluding hydrogens is 276 g/mol. The fourth-order valence-electron chi connectivity index (χ4n) is 2.89. The second-order valence-electron chi connectivity index (χ2n) is 6.00. The highest BCUT2D eigenvalue weighted by Gasteiger charge is 2.33. The van der Waals surface area contributed by atoms with Crippen molar-refractivity contribution >= 4 is 5.91 Å². The van der Waals surface area contributed by atoms with Crippen molar-refractivity contribution in [2.45, 2.75) is 44.6 Å². The molecule has 0 heterocycles. The number of hydrogen-bond donors (Lipinski definition) is 2. The average molecular weight is 297 g/mol. The normalized spacial score (nSPS) is 19.0. The maximum Gasteiger partial charge on any atom is 0.254 e. The van der Waals surface area contributed by atoms with Crippen molar-refractivity contribution in [3.8, 4) is 0 Å². The zero-order valence-electron chi connectivity index (χ0n) is 12.2. The van der Waals surface area contributed by atoms with E-state index in [1.165, 1.54) is 6.42 Å². The van der Waals surface area contributed by atoms with Gasteiger partial charge in [-0.1, -0.05) is 19.3 Å². The molecule has 116 valence electrons. The van der Waals surface area contributed by atoms with E-state index in [0.29, 0.717) is 0 Å². The molecule has 1 aliphatic carbocycles. The van der Waals surface area contributed by atoms with E-state index in [4.69, 9.17) is 0 Å². The van der Waals surface area contributed by atoms with E-state index in [1.807, 2.05) is 0 Å². The summed E-state index contributed by atoms with van der Waals surface area (Å²) in [5.74, 6) is -2.02. The molecule has 1 fully saturated rings. The summed E-state index contributed by atoms with van der Waals surface area (Å²) < 4.78 is 26.6. The molecule has 1 atom stereocenters. The largest absolute Gasteiger partial charge is 0.388 e. The molecule has 1 saturated carbocycles. The minimum atomic E-state index is -1.03. The van der Waals surface area contributed by atoms with Crippen LogP contribution in [-0.2, 0) is 0 Å². The van der Waals surface area contributed by atoms with Gasteiger partial charge < -0.3 is 10.4 Å². The predicted octanol–water partition coefficient (Wildman–Crippen LogP) is 3.03. The third-order valence-electron chi connectivity index (χ3n) is 4.26. The van der Waals surface area contributed by atoms with Crippen LogP contribution in [0.5, 0.6) is 0 Å². The van der Waals surface area contributed by atoms with Gasteiger partial charge >= 0.3 is 0 Å². The molecule has 0 radical (unpaired) electrons. The Morgan fingerprint density at radius 1 is 1.33 bits per heavy atom. The summed E-state index contributed by atoms with van der Waals surface area (Å²) in [5.41, 5.74) is -1.37. The molecular formula is C16H21F2NO2. The van der Waals surface area contributed by atoms with E-state index in [1.54, 1.807) is 6.92 Å². The van der Waals surface area contributed by atoms with Gasteiger partial charge in [0.15, 0.2) is 0 Å². The third kappa shape index (κ3) is 4.00. The maximum atomic E-state index is 13.5. The van der Waals surface area contributed by atoms with Crippen LogP contribution in [0.3, 0.4) is 0 Å². The van der Waals surface area contributed by atoms with Gasteiger partial charge in [-0.05, 0) is 43.9 Å². The zero-order chi connectivity index (χ0) is 15.5. The van der Waals surface area contributed by atoms with E-state index in [2.05, 4.69) is 5.32 Å². The SMILES string of the molecule is CC(O)(CNC(=O)c1cc(F)ccc1F)C1CCCCC1. The van der Waals surface area contributed by atoms with Crippen LogP contribution in [-0.4, -0.2) is 23.2 Å². The van der Waals surface area contributed by atoms with Gasteiger partial charge in [0.1, 0.15) is 11.6 Å². The van der Waals surface area contributed by atoms with Gasteiger partial charge in [0, 0.05) is 6.54 Å². The smallest absolute Gasteiger partial charge is 0.254 e. The Balaban J connectivity index is 1.98. The van der Waals surface area contributed by atoms with E-state index in [9.17, 15) is 18.7 Å². The van der Waals surface area contributed by atoms with Crippen LogP contribution in [0.4, 0.5) is 8.78 Å². The van der Waals surface area contributed by atoms with Gasteiger partial charge in [-0.15, -0.1) is 0 Å². The summed E-state index contributed by atoms with van der Waals surface area (Å²) in [6, 6.07) is 2.74. The Morgan fingerprint density at radius 3 is 2.67 bits per heavy atom. The number of halogens is 2. The summed E-state index contributed by atoms with van der Waals surface area (Å²) >= 11 is 0. The Hall–Kier alpha value is -1.49. The molecule has 0 aliphatic heterocycles. The van der Waals surface area contributed by atoms with Crippen molar-refractivity contribution < 1.29 is 18.7 Å². The first-order valence-corrected chi connectivity index (χ1v) is 7.36. The number of carbonyl (C=O) groups excluding carboxylic acids is 1. The molecule has 1 aromatic rings. The molecule has 0 spiro atoms. The van der Waals surface area contributed by atoms with E-state index < -0.39 is 23.1 Å². The van der Waals surface area contributed by atoms with Crippen molar-refractivity contribution in [3.05, 3.63) is 35.4 Å². The summed E-state index contributed by atoms with van der Waals surface area (Å²) in [4.78, 5) is 11.9. The van der Waals surface area contributed by atoms with Gasteiger partial charge in [-0.3, -0.25) is 4.79 Å². The van der Waals surface area contributed by atoms with Gasteiger partial charge in [0.2, 0.25) is 0 Å². The molecule has 2 rings (SSSR count). The molecule has 21 heavy (non-hydrogen) atoms. The van der Waals surface area contributed by atoms with E-state index in [0.717, 1.165) is 43.9 Å². The summed E-state index contributed by atoms with van der Waals surface area (Å²) in [6.07, 6.45) is 5.18. The molecule has 0 aromatic heterocycles. The molecule has 1 aromatic carbocycles. The number of carbonyl (C=O) groups is 1. The Kier molecular flexibility index (Phi) is 4.93. The average Bonchev–Trinajstić information content (AvgIpc) is 2.48. The number of aliphatic hydroxyl groups is 1. The van der Waals surface area contributed by atoms with Crippen LogP contribution in [0, 0.1) is 17.6 Å². The first-order chi connectivity index (χ1) is 9.90. The molecule has 3 nitrogen and oxygen atoms in total. The van der Waals surface area contributed by atoms with Crippen LogP contribution >= 0.6 is 0 Å².